The predicted molar refractivity (Wildman–Crippen MR) is 129 cm³/mol. The molecule has 4 aromatic rings. The second-order valence-electron chi connectivity index (χ2n) is 7.77. The summed E-state index contributed by atoms with van der Waals surface area (Å²) in [6.45, 7) is 0.601. The molecule has 0 atom stereocenters. The molecule has 0 bridgehead atoms. The minimum atomic E-state index is -0.403. The van der Waals surface area contributed by atoms with E-state index in [2.05, 4.69) is 10.2 Å². The molecule has 33 heavy (non-hydrogen) atoms. The first kappa shape index (κ1) is 21.1. The monoisotopic (exact) mass is 456 g/mol. The Kier molecular flexibility index (Phi) is 5.75. The number of carbonyl (C=O) groups excluding carboxylic acids is 1. The molecule has 0 radical (unpaired) electrons. The number of fused-ring (bicyclic) bond motifs is 2. The molecule has 3 aromatic carbocycles. The van der Waals surface area contributed by atoms with Crippen LogP contribution >= 0.6 is 11.8 Å². The van der Waals surface area contributed by atoms with E-state index in [1.165, 1.54) is 17.8 Å². The van der Waals surface area contributed by atoms with Gasteiger partial charge in [-0.2, -0.15) is 0 Å². The van der Waals surface area contributed by atoms with Crippen LogP contribution in [0.4, 0.5) is 11.4 Å². The second-order valence-corrected chi connectivity index (χ2v) is 8.74. The molecule has 5 rings (SSSR count). The van der Waals surface area contributed by atoms with Gasteiger partial charge in [0.2, 0.25) is 5.91 Å². The molecule has 1 amide bonds. The molecular formula is C25H20N4O3S. The fourth-order valence-electron chi connectivity index (χ4n) is 4.16. The summed E-state index contributed by atoms with van der Waals surface area (Å²) < 4.78 is 0. The van der Waals surface area contributed by atoms with E-state index in [4.69, 9.17) is 0 Å². The highest BCUT2D eigenvalue weighted by atomic mass is 32.2. The lowest BCUT2D eigenvalue weighted by Crippen LogP contribution is -2.36. The number of nitro benzene ring substituents is 1. The van der Waals surface area contributed by atoms with E-state index in [-0.39, 0.29) is 17.3 Å². The third-order valence-corrected chi connectivity index (χ3v) is 6.69. The van der Waals surface area contributed by atoms with Crippen LogP contribution in [0.2, 0.25) is 0 Å². The Morgan fingerprint density at radius 1 is 1.00 bits per heavy atom. The van der Waals surface area contributed by atoms with E-state index < -0.39 is 4.92 Å². The molecule has 0 unspecified atom stereocenters. The summed E-state index contributed by atoms with van der Waals surface area (Å²) in [7, 11) is 0. The van der Waals surface area contributed by atoms with Crippen LogP contribution in [0.3, 0.4) is 0 Å². The van der Waals surface area contributed by atoms with Crippen molar-refractivity contribution in [1.29, 1.82) is 0 Å². The van der Waals surface area contributed by atoms with Gasteiger partial charge in [-0.05, 0) is 24.5 Å². The van der Waals surface area contributed by atoms with Crippen molar-refractivity contribution in [3.63, 3.8) is 0 Å². The van der Waals surface area contributed by atoms with Crippen molar-refractivity contribution >= 4 is 39.8 Å². The molecule has 1 aromatic heterocycles. The van der Waals surface area contributed by atoms with Crippen molar-refractivity contribution in [2.24, 2.45) is 0 Å². The molecule has 0 aliphatic carbocycles. The summed E-state index contributed by atoms with van der Waals surface area (Å²) >= 11 is 1.37. The van der Waals surface area contributed by atoms with E-state index in [1.54, 1.807) is 17.0 Å². The smallest absolute Gasteiger partial charge is 0.269 e. The van der Waals surface area contributed by atoms with Gasteiger partial charge >= 0.3 is 0 Å². The quantitative estimate of drug-likeness (QED) is 0.231. The number of anilines is 1. The molecule has 0 saturated carbocycles. The molecule has 8 heteroatoms. The first-order valence-electron chi connectivity index (χ1n) is 10.6. The fourth-order valence-corrected chi connectivity index (χ4v) is 5.01. The zero-order valence-electron chi connectivity index (χ0n) is 17.7. The number of aryl methyl sites for hydroxylation is 1. The van der Waals surface area contributed by atoms with Crippen molar-refractivity contribution in [3.8, 4) is 11.3 Å². The van der Waals surface area contributed by atoms with Crippen LogP contribution in [0.15, 0.2) is 77.8 Å². The Balaban J connectivity index is 1.39. The normalized spacial score (nSPS) is 13.0. The van der Waals surface area contributed by atoms with Crippen LogP contribution in [0.25, 0.3) is 22.0 Å². The standard InChI is InChI=1S/C25H20N4O3S/c30-23(28-14-6-9-18-15-19(29(31)32)12-13-22(18)28)16-33-25-21-11-5-4-10-20(21)24(26-27-25)17-7-2-1-3-8-17/h1-5,7-8,10-13,15H,6,9,14,16H2. The van der Waals surface area contributed by atoms with Crippen LogP contribution in [-0.4, -0.2) is 33.3 Å². The zero-order valence-corrected chi connectivity index (χ0v) is 18.5. The van der Waals surface area contributed by atoms with Gasteiger partial charge in [-0.1, -0.05) is 66.4 Å². The second kappa shape index (κ2) is 8.99. The largest absolute Gasteiger partial charge is 0.311 e. The van der Waals surface area contributed by atoms with Crippen molar-refractivity contribution in [2.45, 2.75) is 17.9 Å². The lowest BCUT2D eigenvalue weighted by molar-refractivity contribution is -0.384. The average Bonchev–Trinajstić information content (AvgIpc) is 2.86. The van der Waals surface area contributed by atoms with Crippen LogP contribution in [0.1, 0.15) is 12.0 Å². The number of nitro groups is 1. The van der Waals surface area contributed by atoms with Gasteiger partial charge in [0.1, 0.15) is 10.7 Å². The maximum absolute atomic E-state index is 13.1. The van der Waals surface area contributed by atoms with E-state index >= 15 is 0 Å². The molecule has 0 spiro atoms. The van der Waals surface area contributed by atoms with Crippen LogP contribution < -0.4 is 4.90 Å². The molecule has 2 heterocycles. The molecule has 7 nitrogen and oxygen atoms in total. The SMILES string of the molecule is O=C(CSc1nnc(-c2ccccc2)c2ccccc12)N1CCCc2cc([N+](=O)[O-])ccc21. The highest BCUT2D eigenvalue weighted by molar-refractivity contribution is 8.00. The number of rotatable bonds is 5. The summed E-state index contributed by atoms with van der Waals surface area (Å²) in [4.78, 5) is 25.5. The molecule has 0 N–H and O–H groups in total. The van der Waals surface area contributed by atoms with E-state index in [1.807, 2.05) is 54.6 Å². The number of thioether (sulfide) groups is 1. The van der Waals surface area contributed by atoms with Crippen molar-refractivity contribution in [1.82, 2.24) is 10.2 Å². The number of benzene rings is 3. The van der Waals surface area contributed by atoms with E-state index in [9.17, 15) is 14.9 Å². The number of hydrogen-bond acceptors (Lipinski definition) is 6. The Bertz CT molecular complexity index is 1360. The van der Waals surface area contributed by atoms with Crippen LogP contribution in [0, 0.1) is 10.1 Å². The predicted octanol–water partition coefficient (Wildman–Crippen LogP) is 5.28. The first-order chi connectivity index (χ1) is 16.1. The maximum Gasteiger partial charge on any atom is 0.269 e. The highest BCUT2D eigenvalue weighted by Gasteiger charge is 2.25. The van der Waals surface area contributed by atoms with Gasteiger partial charge in [0.05, 0.1) is 10.7 Å². The summed E-state index contributed by atoms with van der Waals surface area (Å²) in [6, 6.07) is 22.6. The lowest BCUT2D eigenvalue weighted by atomic mass is 10.0. The lowest BCUT2D eigenvalue weighted by Gasteiger charge is -2.29. The maximum atomic E-state index is 13.1. The van der Waals surface area contributed by atoms with Gasteiger partial charge in [-0.3, -0.25) is 14.9 Å². The molecule has 1 aliphatic rings. The zero-order chi connectivity index (χ0) is 22.8. The van der Waals surface area contributed by atoms with E-state index in [0.717, 1.165) is 46.1 Å². The topological polar surface area (TPSA) is 89.2 Å². The van der Waals surface area contributed by atoms with Crippen molar-refractivity contribution < 1.29 is 9.72 Å². The molecule has 0 saturated heterocycles. The minimum absolute atomic E-state index is 0.0483. The average molecular weight is 457 g/mol. The summed E-state index contributed by atoms with van der Waals surface area (Å²) in [5.41, 5.74) is 3.46. The fraction of sp³-hybridized carbons (Fsp3) is 0.160. The number of aromatic nitrogens is 2. The summed E-state index contributed by atoms with van der Waals surface area (Å²) in [5, 5.41) is 22.7. The van der Waals surface area contributed by atoms with Gasteiger partial charge in [0.15, 0.2) is 0 Å². The molecule has 1 aliphatic heterocycles. The van der Waals surface area contributed by atoms with Crippen molar-refractivity contribution in [2.75, 3.05) is 17.2 Å². The van der Waals surface area contributed by atoms with Gasteiger partial charge in [0.25, 0.3) is 5.69 Å². The van der Waals surface area contributed by atoms with Crippen LogP contribution in [-0.2, 0) is 11.2 Å². The minimum Gasteiger partial charge on any atom is -0.311 e. The highest BCUT2D eigenvalue weighted by Crippen LogP contribution is 2.34. The van der Waals surface area contributed by atoms with Gasteiger partial charge in [-0.15, -0.1) is 10.2 Å². The first-order valence-corrected chi connectivity index (χ1v) is 11.6. The number of carbonyl (C=O) groups is 1. The van der Waals surface area contributed by atoms with Gasteiger partial charge < -0.3 is 4.90 Å². The number of hydrogen-bond donors (Lipinski definition) is 0. The van der Waals surface area contributed by atoms with Crippen molar-refractivity contribution in [3.05, 3.63) is 88.5 Å². The third kappa shape index (κ3) is 4.17. The molecular weight excluding hydrogens is 436 g/mol. The summed E-state index contributed by atoms with van der Waals surface area (Å²) in [6.07, 6.45) is 1.50. The number of nitrogens with zero attached hydrogens (tertiary/aromatic N) is 4. The molecule has 0 fully saturated rings. The van der Waals surface area contributed by atoms with Gasteiger partial charge in [0, 0.05) is 40.7 Å². The Hall–Kier alpha value is -3.78. The molecule has 164 valence electrons. The van der Waals surface area contributed by atoms with E-state index in [0.29, 0.717) is 11.6 Å². The van der Waals surface area contributed by atoms with Gasteiger partial charge in [-0.25, -0.2) is 0 Å². The van der Waals surface area contributed by atoms with Crippen LogP contribution in [0.5, 0.6) is 0 Å². The Labute approximate surface area is 194 Å². The Morgan fingerprint density at radius 3 is 2.55 bits per heavy atom. The third-order valence-electron chi connectivity index (χ3n) is 5.73. The number of amides is 1. The Morgan fingerprint density at radius 2 is 1.76 bits per heavy atom. The summed E-state index contributed by atoms with van der Waals surface area (Å²) in [5.74, 6) is 0.160. The number of non-ortho nitro benzene ring substituents is 1.